The number of hydrogen-bond acceptors (Lipinski definition) is 3. The first-order valence-electron chi connectivity index (χ1n) is 5.61. The summed E-state index contributed by atoms with van der Waals surface area (Å²) in [6, 6.07) is 13.7. The summed E-state index contributed by atoms with van der Waals surface area (Å²) >= 11 is 6.35. The second-order valence-electron chi connectivity index (χ2n) is 4.05. The van der Waals surface area contributed by atoms with Crippen LogP contribution in [0.15, 0.2) is 42.5 Å². The van der Waals surface area contributed by atoms with E-state index in [2.05, 4.69) is 4.98 Å². The van der Waals surface area contributed by atoms with Crippen molar-refractivity contribution in [2.75, 3.05) is 0 Å². The highest BCUT2D eigenvalue weighted by Gasteiger charge is 2.16. The van der Waals surface area contributed by atoms with Crippen LogP contribution < -0.4 is 0 Å². The number of benzene rings is 2. The minimum absolute atomic E-state index is 0.159. The van der Waals surface area contributed by atoms with Crippen molar-refractivity contribution in [3.8, 4) is 10.4 Å². The average Bonchev–Trinajstić information content (AvgIpc) is 2.80. The van der Waals surface area contributed by atoms with Gasteiger partial charge in [-0.15, -0.1) is 11.3 Å². The number of nitrogens with one attached hydrogen (secondary N) is 1. The molecule has 3 aromatic rings. The van der Waals surface area contributed by atoms with Gasteiger partial charge < -0.3 is 10.1 Å². The highest BCUT2D eigenvalue weighted by molar-refractivity contribution is 7.73. The molecule has 1 heterocycles. The smallest absolute Gasteiger partial charge is 0.353 e. The molecule has 0 bridgehead atoms. The van der Waals surface area contributed by atoms with Crippen LogP contribution in [0, 0.1) is 3.95 Å². The summed E-state index contributed by atoms with van der Waals surface area (Å²) in [4.78, 5) is 14.7. The number of carboxylic acid groups (broad SMARTS) is 1. The maximum Gasteiger partial charge on any atom is 0.353 e. The predicted octanol–water partition coefficient (Wildman–Crippen LogP) is 4.32. The third kappa shape index (κ3) is 2.07. The van der Waals surface area contributed by atoms with Gasteiger partial charge in [0.15, 0.2) is 3.95 Å². The van der Waals surface area contributed by atoms with E-state index in [1.165, 1.54) is 11.3 Å². The van der Waals surface area contributed by atoms with Crippen LogP contribution in [0.4, 0.5) is 0 Å². The molecule has 0 radical (unpaired) electrons. The number of rotatable bonds is 2. The highest BCUT2D eigenvalue weighted by Crippen LogP contribution is 2.34. The third-order valence-corrected chi connectivity index (χ3v) is 4.16. The number of hydrogen-bond donors (Lipinski definition) is 2. The van der Waals surface area contributed by atoms with E-state index in [1.54, 1.807) is 0 Å². The van der Waals surface area contributed by atoms with Crippen LogP contribution in [0.5, 0.6) is 0 Å². The second kappa shape index (κ2) is 4.60. The molecular weight excluding hydrogens is 278 g/mol. The fourth-order valence-electron chi connectivity index (χ4n) is 2.09. The Bertz CT molecular complexity index is 827. The molecule has 94 valence electrons. The summed E-state index contributed by atoms with van der Waals surface area (Å²) in [5.41, 5.74) is 1.05. The van der Waals surface area contributed by atoms with Crippen LogP contribution in [-0.2, 0) is 0 Å². The lowest BCUT2D eigenvalue weighted by molar-refractivity contribution is 0.0692. The molecule has 2 N–H and O–H groups in total. The van der Waals surface area contributed by atoms with Crippen molar-refractivity contribution in [1.29, 1.82) is 0 Å². The van der Waals surface area contributed by atoms with Crippen molar-refractivity contribution in [2.45, 2.75) is 0 Å². The molecular formula is C14H9NO2S2. The standard InChI is InChI=1S/C14H9NO2S2/c16-13(17)11-12(19-14(18)15-11)10-7-3-5-8-4-1-2-6-9(8)10/h1-7H,(H,15,18)(H,16,17). The molecule has 19 heavy (non-hydrogen) atoms. The second-order valence-corrected chi connectivity index (χ2v) is 5.74. The summed E-state index contributed by atoms with van der Waals surface area (Å²) in [6.07, 6.45) is 0. The summed E-state index contributed by atoms with van der Waals surface area (Å²) in [5.74, 6) is -0.990. The highest BCUT2D eigenvalue weighted by atomic mass is 32.1. The number of aromatic amines is 1. The number of carboxylic acids is 1. The summed E-state index contributed by atoms with van der Waals surface area (Å²) in [5, 5.41) is 11.3. The third-order valence-electron chi connectivity index (χ3n) is 2.90. The zero-order valence-corrected chi connectivity index (χ0v) is 11.3. The van der Waals surface area contributed by atoms with Gasteiger partial charge >= 0.3 is 5.97 Å². The molecule has 0 atom stereocenters. The fourth-order valence-corrected chi connectivity index (χ4v) is 3.31. The summed E-state index contributed by atoms with van der Waals surface area (Å²) in [6.45, 7) is 0. The van der Waals surface area contributed by atoms with Gasteiger partial charge in [-0.2, -0.15) is 0 Å². The zero-order chi connectivity index (χ0) is 13.4. The number of carbonyl (C=O) groups is 1. The number of fused-ring (bicyclic) bond motifs is 1. The van der Waals surface area contributed by atoms with Gasteiger partial charge in [0.25, 0.3) is 0 Å². The molecule has 2 aromatic carbocycles. The average molecular weight is 287 g/mol. The lowest BCUT2D eigenvalue weighted by Gasteiger charge is -2.05. The van der Waals surface area contributed by atoms with E-state index < -0.39 is 5.97 Å². The lowest BCUT2D eigenvalue weighted by atomic mass is 10.0. The minimum atomic E-state index is -0.990. The number of thiazole rings is 1. The minimum Gasteiger partial charge on any atom is -0.477 e. The number of aromatic nitrogens is 1. The Balaban J connectivity index is 2.37. The summed E-state index contributed by atoms with van der Waals surface area (Å²) in [7, 11) is 0. The lowest BCUT2D eigenvalue weighted by Crippen LogP contribution is -1.98. The Kier molecular flexibility index (Phi) is 2.93. The van der Waals surface area contributed by atoms with Crippen LogP contribution >= 0.6 is 23.6 Å². The van der Waals surface area contributed by atoms with Gasteiger partial charge in [-0.1, -0.05) is 42.5 Å². The van der Waals surface area contributed by atoms with E-state index in [4.69, 9.17) is 12.2 Å². The Morgan fingerprint density at radius 1 is 1.16 bits per heavy atom. The largest absolute Gasteiger partial charge is 0.477 e. The molecule has 0 spiro atoms. The van der Waals surface area contributed by atoms with E-state index in [0.29, 0.717) is 8.83 Å². The summed E-state index contributed by atoms with van der Waals surface area (Å²) < 4.78 is 0.473. The Labute approximate surface area is 118 Å². The molecule has 0 saturated heterocycles. The molecule has 3 nitrogen and oxygen atoms in total. The van der Waals surface area contributed by atoms with Crippen LogP contribution in [0.2, 0.25) is 0 Å². The van der Waals surface area contributed by atoms with E-state index in [9.17, 15) is 9.90 Å². The Hall–Kier alpha value is -1.98. The first-order chi connectivity index (χ1) is 9.16. The monoisotopic (exact) mass is 287 g/mol. The van der Waals surface area contributed by atoms with Crippen LogP contribution in [-0.4, -0.2) is 16.1 Å². The molecule has 0 amide bonds. The molecule has 3 rings (SSSR count). The Morgan fingerprint density at radius 2 is 1.89 bits per heavy atom. The topological polar surface area (TPSA) is 53.1 Å². The first kappa shape index (κ1) is 12.1. The van der Waals surface area contributed by atoms with Crippen LogP contribution in [0.25, 0.3) is 21.2 Å². The van der Waals surface area contributed by atoms with E-state index >= 15 is 0 Å². The van der Waals surface area contributed by atoms with E-state index in [1.807, 2.05) is 42.5 Å². The van der Waals surface area contributed by atoms with Crippen molar-refractivity contribution in [3.63, 3.8) is 0 Å². The molecule has 0 saturated carbocycles. The molecule has 0 aliphatic carbocycles. The molecule has 0 aliphatic heterocycles. The molecule has 0 fully saturated rings. The van der Waals surface area contributed by atoms with Gasteiger partial charge in [-0.05, 0) is 23.0 Å². The predicted molar refractivity (Wildman–Crippen MR) is 79.4 cm³/mol. The van der Waals surface area contributed by atoms with Crippen molar-refractivity contribution >= 4 is 40.3 Å². The quantitative estimate of drug-likeness (QED) is 0.690. The molecule has 1 aromatic heterocycles. The fraction of sp³-hybridized carbons (Fsp3) is 0. The maximum absolute atomic E-state index is 11.3. The van der Waals surface area contributed by atoms with Crippen molar-refractivity contribution in [2.24, 2.45) is 0 Å². The van der Waals surface area contributed by atoms with Gasteiger partial charge in [0, 0.05) is 5.56 Å². The van der Waals surface area contributed by atoms with Gasteiger partial charge in [0.05, 0.1) is 4.88 Å². The Morgan fingerprint density at radius 3 is 2.68 bits per heavy atom. The number of aromatic carboxylic acids is 1. The number of H-pyrrole nitrogens is 1. The van der Waals surface area contributed by atoms with E-state index in [0.717, 1.165) is 16.3 Å². The van der Waals surface area contributed by atoms with Crippen molar-refractivity contribution in [1.82, 2.24) is 4.98 Å². The van der Waals surface area contributed by atoms with Crippen molar-refractivity contribution < 1.29 is 9.90 Å². The van der Waals surface area contributed by atoms with Gasteiger partial charge in [-0.3, -0.25) is 0 Å². The maximum atomic E-state index is 11.3. The zero-order valence-electron chi connectivity index (χ0n) is 9.71. The van der Waals surface area contributed by atoms with E-state index in [-0.39, 0.29) is 5.69 Å². The van der Waals surface area contributed by atoms with Gasteiger partial charge in [0.1, 0.15) is 5.69 Å². The van der Waals surface area contributed by atoms with Crippen LogP contribution in [0.3, 0.4) is 0 Å². The molecule has 0 aliphatic rings. The first-order valence-corrected chi connectivity index (χ1v) is 6.84. The van der Waals surface area contributed by atoms with Crippen molar-refractivity contribution in [3.05, 3.63) is 52.1 Å². The van der Waals surface area contributed by atoms with Crippen LogP contribution in [0.1, 0.15) is 10.5 Å². The van der Waals surface area contributed by atoms with Gasteiger partial charge in [-0.25, -0.2) is 4.79 Å². The van der Waals surface area contributed by atoms with Gasteiger partial charge in [0.2, 0.25) is 0 Å². The SMILES string of the molecule is O=C(O)c1[nH]c(=S)sc1-c1cccc2ccccc12. The molecule has 0 unspecified atom stereocenters. The molecule has 5 heteroatoms. The normalized spacial score (nSPS) is 10.7.